The highest BCUT2D eigenvalue weighted by Gasteiger charge is 2.37. The Morgan fingerprint density at radius 1 is 1.23 bits per heavy atom. The van der Waals surface area contributed by atoms with Crippen LogP contribution in [0.15, 0.2) is 24.3 Å². The smallest absolute Gasteiger partial charge is 0.333 e. The molecule has 1 aromatic heterocycles. The molecule has 1 fully saturated rings. The Morgan fingerprint density at radius 2 is 1.85 bits per heavy atom. The highest BCUT2D eigenvalue weighted by atomic mass is 19.3. The largest absolute Gasteiger partial charge is 0.346 e. The molecule has 7 heteroatoms. The summed E-state index contributed by atoms with van der Waals surface area (Å²) in [5, 5.41) is 6.91. The van der Waals surface area contributed by atoms with Crippen LogP contribution in [0.25, 0.3) is 0 Å². The second-order valence-electron chi connectivity index (χ2n) is 6.89. The molecule has 0 aliphatic heterocycles. The zero-order valence-corrected chi connectivity index (χ0v) is 14.9. The Morgan fingerprint density at radius 3 is 2.38 bits per heavy atom. The van der Waals surface area contributed by atoms with Gasteiger partial charge in [0.15, 0.2) is 0 Å². The molecule has 1 heterocycles. The van der Waals surface area contributed by atoms with E-state index in [0.717, 1.165) is 31.2 Å². The molecule has 4 nitrogen and oxygen atoms in total. The number of amides is 1. The van der Waals surface area contributed by atoms with Gasteiger partial charge in [-0.1, -0.05) is 25.0 Å². The van der Waals surface area contributed by atoms with Gasteiger partial charge >= 0.3 is 6.55 Å². The molecule has 26 heavy (non-hydrogen) atoms. The molecular formula is C19H22F3N3O. The first-order chi connectivity index (χ1) is 12.3. The number of carbonyl (C=O) groups is 1. The number of hydrogen-bond acceptors (Lipinski definition) is 2. The lowest BCUT2D eigenvalue weighted by atomic mass is 9.87. The zero-order valence-electron chi connectivity index (χ0n) is 14.9. The van der Waals surface area contributed by atoms with Crippen LogP contribution in [-0.2, 0) is 16.8 Å². The number of aryl methyl sites for hydroxylation is 1. The molecule has 2 aromatic rings. The number of nitrogens with zero attached hydrogens (tertiary/aromatic N) is 2. The first-order valence-corrected chi connectivity index (χ1v) is 8.72. The zero-order chi connectivity index (χ0) is 18.9. The Kier molecular flexibility index (Phi) is 5.07. The maximum Gasteiger partial charge on any atom is 0.333 e. The second kappa shape index (κ2) is 7.13. The summed E-state index contributed by atoms with van der Waals surface area (Å²) in [7, 11) is 0. The number of carbonyl (C=O) groups excluding carboxylic acids is 1. The first kappa shape index (κ1) is 18.5. The van der Waals surface area contributed by atoms with E-state index in [0.29, 0.717) is 21.6 Å². The fourth-order valence-corrected chi connectivity index (χ4v) is 3.85. The van der Waals surface area contributed by atoms with Crippen LogP contribution >= 0.6 is 0 Å². The number of hydrogen-bond donors (Lipinski definition) is 1. The van der Waals surface area contributed by atoms with E-state index in [2.05, 4.69) is 10.4 Å². The van der Waals surface area contributed by atoms with Crippen LogP contribution in [0.4, 0.5) is 13.2 Å². The van der Waals surface area contributed by atoms with Crippen LogP contribution in [0.2, 0.25) is 0 Å². The van der Waals surface area contributed by atoms with Crippen molar-refractivity contribution in [3.05, 3.63) is 52.6 Å². The summed E-state index contributed by atoms with van der Waals surface area (Å²) >= 11 is 0. The minimum absolute atomic E-state index is 0.00662. The van der Waals surface area contributed by atoms with Crippen molar-refractivity contribution < 1.29 is 18.0 Å². The van der Waals surface area contributed by atoms with Crippen molar-refractivity contribution >= 4 is 5.91 Å². The monoisotopic (exact) mass is 365 g/mol. The quantitative estimate of drug-likeness (QED) is 0.865. The minimum Gasteiger partial charge on any atom is -0.346 e. The van der Waals surface area contributed by atoms with Gasteiger partial charge in [-0.2, -0.15) is 13.9 Å². The van der Waals surface area contributed by atoms with E-state index in [1.54, 1.807) is 26.0 Å². The van der Waals surface area contributed by atoms with Gasteiger partial charge in [0.2, 0.25) is 5.91 Å². The van der Waals surface area contributed by atoms with Crippen molar-refractivity contribution in [1.29, 1.82) is 0 Å². The second-order valence-corrected chi connectivity index (χ2v) is 6.89. The average Bonchev–Trinajstić information content (AvgIpc) is 3.16. The maximum absolute atomic E-state index is 13.2. The van der Waals surface area contributed by atoms with E-state index in [1.165, 1.54) is 12.1 Å². The lowest BCUT2D eigenvalue weighted by molar-refractivity contribution is -0.122. The predicted octanol–water partition coefficient (Wildman–Crippen LogP) is 4.16. The molecule has 0 radical (unpaired) electrons. The number of aromatic nitrogens is 2. The fraction of sp³-hybridized carbons (Fsp3) is 0.474. The lowest BCUT2D eigenvalue weighted by Crippen LogP contribution is -2.44. The lowest BCUT2D eigenvalue weighted by Gasteiger charge is -2.31. The predicted molar refractivity (Wildman–Crippen MR) is 91.3 cm³/mol. The molecule has 1 N–H and O–H groups in total. The SMILES string of the molecule is Cc1nn(C(F)F)c(C)c1CC(=O)NC1(c2ccc(F)cc2)CCCC1. The molecule has 1 aliphatic carbocycles. The van der Waals surface area contributed by atoms with Gasteiger partial charge in [0.05, 0.1) is 17.7 Å². The van der Waals surface area contributed by atoms with Crippen LogP contribution in [0, 0.1) is 19.7 Å². The summed E-state index contributed by atoms with van der Waals surface area (Å²) in [6.45, 7) is 0.436. The van der Waals surface area contributed by atoms with Crippen molar-refractivity contribution in [2.75, 3.05) is 0 Å². The van der Waals surface area contributed by atoms with E-state index in [4.69, 9.17) is 0 Å². The van der Waals surface area contributed by atoms with Crippen LogP contribution in [0.3, 0.4) is 0 Å². The molecule has 1 aromatic carbocycles. The van der Waals surface area contributed by atoms with Crippen LogP contribution < -0.4 is 5.32 Å². The molecule has 0 saturated heterocycles. The van der Waals surface area contributed by atoms with E-state index >= 15 is 0 Å². The van der Waals surface area contributed by atoms with Crippen molar-refractivity contribution in [2.24, 2.45) is 0 Å². The van der Waals surface area contributed by atoms with Gasteiger partial charge < -0.3 is 5.32 Å². The van der Waals surface area contributed by atoms with E-state index in [1.807, 2.05) is 0 Å². The van der Waals surface area contributed by atoms with Gasteiger partial charge in [0.1, 0.15) is 5.82 Å². The molecule has 0 spiro atoms. The third-order valence-corrected chi connectivity index (χ3v) is 5.23. The Bertz CT molecular complexity index is 793. The standard InChI is InChI=1S/C19H22F3N3O/c1-12-16(13(2)25(24-12)18(21)22)11-17(26)23-19(9-3-4-10-19)14-5-7-15(20)8-6-14/h5-8,18H,3-4,9-11H2,1-2H3,(H,23,26). The summed E-state index contributed by atoms with van der Waals surface area (Å²) in [6.07, 6.45) is 3.49. The van der Waals surface area contributed by atoms with E-state index in [9.17, 15) is 18.0 Å². The number of halogens is 3. The topological polar surface area (TPSA) is 46.9 Å². The molecule has 3 rings (SSSR count). The van der Waals surface area contributed by atoms with Crippen LogP contribution in [0.1, 0.15) is 54.7 Å². The van der Waals surface area contributed by atoms with Crippen molar-refractivity contribution in [1.82, 2.24) is 15.1 Å². The van der Waals surface area contributed by atoms with Gasteiger partial charge in [-0.15, -0.1) is 0 Å². The molecule has 0 atom stereocenters. The van der Waals surface area contributed by atoms with Crippen molar-refractivity contribution in [3.8, 4) is 0 Å². The van der Waals surface area contributed by atoms with Gasteiger partial charge in [0, 0.05) is 11.3 Å². The normalized spacial score (nSPS) is 16.2. The number of benzene rings is 1. The summed E-state index contributed by atoms with van der Waals surface area (Å²) in [6, 6.07) is 6.18. The van der Waals surface area contributed by atoms with Gasteiger partial charge in [-0.05, 0) is 44.4 Å². The molecule has 140 valence electrons. The van der Waals surface area contributed by atoms with E-state index < -0.39 is 12.1 Å². The Balaban J connectivity index is 1.81. The first-order valence-electron chi connectivity index (χ1n) is 8.72. The summed E-state index contributed by atoms with van der Waals surface area (Å²) in [4.78, 5) is 12.7. The molecule has 1 saturated carbocycles. The number of rotatable bonds is 5. The third kappa shape index (κ3) is 3.48. The molecule has 1 aliphatic rings. The average molecular weight is 365 g/mol. The fourth-order valence-electron chi connectivity index (χ4n) is 3.85. The van der Waals surface area contributed by atoms with Gasteiger partial charge in [0.25, 0.3) is 0 Å². The van der Waals surface area contributed by atoms with Gasteiger partial charge in [-0.25, -0.2) is 9.07 Å². The molecule has 0 unspecified atom stereocenters. The molecule has 1 amide bonds. The Labute approximate surface area is 150 Å². The summed E-state index contributed by atoms with van der Waals surface area (Å²) < 4.78 is 39.8. The van der Waals surface area contributed by atoms with Crippen LogP contribution in [0.5, 0.6) is 0 Å². The number of alkyl halides is 2. The van der Waals surface area contributed by atoms with Crippen molar-refractivity contribution in [3.63, 3.8) is 0 Å². The van der Waals surface area contributed by atoms with Crippen LogP contribution in [-0.4, -0.2) is 15.7 Å². The minimum atomic E-state index is -2.73. The number of nitrogens with one attached hydrogen (secondary N) is 1. The van der Waals surface area contributed by atoms with Crippen molar-refractivity contribution in [2.45, 2.75) is 58.0 Å². The summed E-state index contributed by atoms with van der Waals surface area (Å²) in [5.41, 5.74) is 1.61. The summed E-state index contributed by atoms with van der Waals surface area (Å²) in [5.74, 6) is -0.560. The molecular weight excluding hydrogens is 343 g/mol. The third-order valence-electron chi connectivity index (χ3n) is 5.23. The van der Waals surface area contributed by atoms with E-state index in [-0.39, 0.29) is 18.1 Å². The highest BCUT2D eigenvalue weighted by molar-refractivity contribution is 5.80. The highest BCUT2D eigenvalue weighted by Crippen LogP contribution is 2.39. The Hall–Kier alpha value is -2.31. The maximum atomic E-state index is 13.2. The van der Waals surface area contributed by atoms with Gasteiger partial charge in [-0.3, -0.25) is 4.79 Å². The molecule has 0 bridgehead atoms.